The van der Waals surface area contributed by atoms with Gasteiger partial charge in [-0.3, -0.25) is 0 Å². The van der Waals surface area contributed by atoms with Crippen LogP contribution in [0.4, 0.5) is 5.82 Å². The summed E-state index contributed by atoms with van der Waals surface area (Å²) < 4.78 is 1.83. The van der Waals surface area contributed by atoms with E-state index in [1.54, 1.807) is 6.33 Å². The molecule has 0 radical (unpaired) electrons. The molecule has 6 heteroatoms. The lowest BCUT2D eigenvalue weighted by Gasteiger charge is -2.31. The molecule has 124 valence electrons. The number of anilines is 1. The Hall–Kier alpha value is -2.14. The molecule has 1 aliphatic heterocycles. The standard InChI is InChI=1S/C18H20ClN5/c1-12-5-7-23(8-6-12)17-15-10-22-24(18(15)21-11-20-17)14-4-3-13(2)16(19)9-14/h3-4,9-12H,5-8H2,1-2H3. The van der Waals surface area contributed by atoms with Crippen molar-refractivity contribution in [3.8, 4) is 5.69 Å². The van der Waals surface area contributed by atoms with Crippen molar-refractivity contribution in [3.05, 3.63) is 41.3 Å². The number of hydrogen-bond donors (Lipinski definition) is 0. The van der Waals surface area contributed by atoms with Crippen molar-refractivity contribution in [3.63, 3.8) is 0 Å². The van der Waals surface area contributed by atoms with Gasteiger partial charge in [-0.05, 0) is 43.4 Å². The zero-order chi connectivity index (χ0) is 16.7. The second-order valence-corrected chi connectivity index (χ2v) is 7.00. The fourth-order valence-corrected chi connectivity index (χ4v) is 3.38. The van der Waals surface area contributed by atoms with Crippen LogP contribution < -0.4 is 4.90 Å². The topological polar surface area (TPSA) is 46.8 Å². The summed E-state index contributed by atoms with van der Waals surface area (Å²) in [7, 11) is 0. The second kappa shape index (κ2) is 6.06. The first-order valence-corrected chi connectivity index (χ1v) is 8.71. The predicted molar refractivity (Wildman–Crippen MR) is 97.0 cm³/mol. The minimum absolute atomic E-state index is 0.732. The Kier molecular flexibility index (Phi) is 3.88. The van der Waals surface area contributed by atoms with Crippen molar-refractivity contribution >= 4 is 28.5 Å². The van der Waals surface area contributed by atoms with Crippen LogP contribution in [0.15, 0.2) is 30.7 Å². The van der Waals surface area contributed by atoms with Crippen LogP contribution in [0, 0.1) is 12.8 Å². The monoisotopic (exact) mass is 341 g/mol. The molecule has 0 atom stereocenters. The number of nitrogens with zero attached hydrogens (tertiary/aromatic N) is 5. The fourth-order valence-electron chi connectivity index (χ4n) is 3.21. The van der Waals surface area contributed by atoms with E-state index >= 15 is 0 Å². The van der Waals surface area contributed by atoms with Crippen LogP contribution in [0.3, 0.4) is 0 Å². The van der Waals surface area contributed by atoms with E-state index in [0.29, 0.717) is 0 Å². The lowest BCUT2D eigenvalue weighted by molar-refractivity contribution is 0.437. The SMILES string of the molecule is Cc1ccc(-n2ncc3c(N4CCC(C)CC4)ncnc32)cc1Cl. The average molecular weight is 342 g/mol. The molecule has 0 spiro atoms. The van der Waals surface area contributed by atoms with Crippen LogP contribution in [0.5, 0.6) is 0 Å². The van der Waals surface area contributed by atoms with Crippen molar-refractivity contribution in [2.24, 2.45) is 5.92 Å². The number of aromatic nitrogens is 4. The summed E-state index contributed by atoms with van der Waals surface area (Å²) in [5.74, 6) is 1.77. The molecule has 1 aromatic carbocycles. The van der Waals surface area contributed by atoms with E-state index in [1.165, 1.54) is 12.8 Å². The van der Waals surface area contributed by atoms with Crippen molar-refractivity contribution in [2.75, 3.05) is 18.0 Å². The van der Waals surface area contributed by atoms with Crippen LogP contribution in [0.2, 0.25) is 5.02 Å². The number of benzene rings is 1. The highest BCUT2D eigenvalue weighted by Crippen LogP contribution is 2.29. The molecule has 0 bridgehead atoms. The molecular formula is C18H20ClN5. The first-order valence-electron chi connectivity index (χ1n) is 8.33. The maximum Gasteiger partial charge on any atom is 0.168 e. The van der Waals surface area contributed by atoms with Crippen LogP contribution in [-0.4, -0.2) is 32.8 Å². The van der Waals surface area contributed by atoms with Gasteiger partial charge in [0.1, 0.15) is 12.1 Å². The van der Waals surface area contributed by atoms with Gasteiger partial charge >= 0.3 is 0 Å². The van der Waals surface area contributed by atoms with E-state index in [4.69, 9.17) is 11.6 Å². The predicted octanol–water partition coefficient (Wildman–Crippen LogP) is 4.01. The molecule has 3 heterocycles. The van der Waals surface area contributed by atoms with Crippen LogP contribution in [-0.2, 0) is 0 Å². The van der Waals surface area contributed by atoms with E-state index in [9.17, 15) is 0 Å². The van der Waals surface area contributed by atoms with Gasteiger partial charge in [-0.25, -0.2) is 14.6 Å². The molecular weight excluding hydrogens is 322 g/mol. The highest BCUT2D eigenvalue weighted by atomic mass is 35.5. The lowest BCUT2D eigenvalue weighted by atomic mass is 9.99. The van der Waals surface area contributed by atoms with Crippen LogP contribution >= 0.6 is 11.6 Å². The molecule has 0 amide bonds. The third kappa shape index (κ3) is 2.63. The smallest absolute Gasteiger partial charge is 0.168 e. The number of halogens is 1. The van der Waals surface area contributed by atoms with Gasteiger partial charge in [-0.1, -0.05) is 24.6 Å². The fraction of sp³-hybridized carbons (Fsp3) is 0.389. The second-order valence-electron chi connectivity index (χ2n) is 6.59. The molecule has 0 saturated carbocycles. The zero-order valence-electron chi connectivity index (χ0n) is 13.9. The summed E-state index contributed by atoms with van der Waals surface area (Å²) in [4.78, 5) is 11.3. The first-order chi connectivity index (χ1) is 11.6. The van der Waals surface area contributed by atoms with Gasteiger partial charge in [0.15, 0.2) is 5.65 Å². The van der Waals surface area contributed by atoms with Crippen LogP contribution in [0.25, 0.3) is 16.7 Å². The van der Waals surface area contributed by atoms with E-state index in [-0.39, 0.29) is 0 Å². The molecule has 3 aromatic rings. The quantitative estimate of drug-likeness (QED) is 0.706. The number of aryl methyl sites for hydroxylation is 1. The third-order valence-electron chi connectivity index (χ3n) is 4.83. The maximum atomic E-state index is 6.27. The Morgan fingerprint density at radius 3 is 2.71 bits per heavy atom. The molecule has 0 aliphatic carbocycles. The van der Waals surface area contributed by atoms with Gasteiger partial charge in [-0.15, -0.1) is 0 Å². The molecule has 24 heavy (non-hydrogen) atoms. The van der Waals surface area contributed by atoms with Gasteiger partial charge in [0.25, 0.3) is 0 Å². The van der Waals surface area contributed by atoms with E-state index in [2.05, 4.69) is 26.9 Å². The molecule has 4 rings (SSSR count). The zero-order valence-corrected chi connectivity index (χ0v) is 14.7. The van der Waals surface area contributed by atoms with E-state index in [0.717, 1.165) is 52.1 Å². The summed E-state index contributed by atoms with van der Waals surface area (Å²) in [5.41, 5.74) is 2.78. The molecule has 2 aromatic heterocycles. The number of piperidine rings is 1. The number of rotatable bonds is 2. The normalized spacial score (nSPS) is 16.0. The Bertz CT molecular complexity index is 880. The molecule has 1 saturated heterocycles. The third-order valence-corrected chi connectivity index (χ3v) is 5.24. The Balaban J connectivity index is 1.77. The molecule has 1 aliphatic rings. The highest BCUT2D eigenvalue weighted by molar-refractivity contribution is 6.31. The van der Waals surface area contributed by atoms with E-state index < -0.39 is 0 Å². The van der Waals surface area contributed by atoms with Crippen molar-refractivity contribution in [1.29, 1.82) is 0 Å². The van der Waals surface area contributed by atoms with Gasteiger partial charge in [0, 0.05) is 18.1 Å². The summed E-state index contributed by atoms with van der Waals surface area (Å²) in [6.07, 6.45) is 5.89. The Morgan fingerprint density at radius 1 is 1.17 bits per heavy atom. The van der Waals surface area contributed by atoms with Gasteiger partial charge in [0.05, 0.1) is 17.3 Å². The van der Waals surface area contributed by atoms with Gasteiger partial charge in [-0.2, -0.15) is 5.10 Å². The summed E-state index contributed by atoms with van der Waals surface area (Å²) in [6.45, 7) is 6.38. The molecule has 1 fully saturated rings. The summed E-state index contributed by atoms with van der Waals surface area (Å²) in [5, 5.41) is 6.26. The van der Waals surface area contributed by atoms with Crippen LogP contribution in [0.1, 0.15) is 25.3 Å². The van der Waals surface area contributed by atoms with Crippen molar-refractivity contribution < 1.29 is 0 Å². The number of fused-ring (bicyclic) bond motifs is 1. The summed E-state index contributed by atoms with van der Waals surface area (Å²) >= 11 is 6.27. The van der Waals surface area contributed by atoms with E-state index in [1.807, 2.05) is 36.0 Å². The Morgan fingerprint density at radius 2 is 1.96 bits per heavy atom. The highest BCUT2D eigenvalue weighted by Gasteiger charge is 2.20. The van der Waals surface area contributed by atoms with Crippen molar-refractivity contribution in [1.82, 2.24) is 19.7 Å². The minimum Gasteiger partial charge on any atom is -0.356 e. The molecule has 5 nitrogen and oxygen atoms in total. The maximum absolute atomic E-state index is 6.27. The summed E-state index contributed by atoms with van der Waals surface area (Å²) in [6, 6.07) is 5.94. The molecule has 0 unspecified atom stereocenters. The largest absolute Gasteiger partial charge is 0.356 e. The van der Waals surface area contributed by atoms with Gasteiger partial charge < -0.3 is 4.90 Å². The van der Waals surface area contributed by atoms with Crippen molar-refractivity contribution in [2.45, 2.75) is 26.7 Å². The number of hydrogen-bond acceptors (Lipinski definition) is 4. The lowest BCUT2D eigenvalue weighted by Crippen LogP contribution is -2.33. The van der Waals surface area contributed by atoms with Gasteiger partial charge in [0.2, 0.25) is 0 Å². The minimum atomic E-state index is 0.732. The molecule has 0 N–H and O–H groups in total. The first kappa shape index (κ1) is 15.4. The average Bonchev–Trinajstić information content (AvgIpc) is 3.02. The Labute approximate surface area is 146 Å².